The zero-order valence-corrected chi connectivity index (χ0v) is 12.0. The summed E-state index contributed by atoms with van der Waals surface area (Å²) < 4.78 is 5.92. The molecule has 7 heteroatoms. The van der Waals surface area contributed by atoms with Gasteiger partial charge in [0.25, 0.3) is 5.56 Å². The number of para-hydroxylation sites is 1. The number of aromatic hydroxyl groups is 1. The number of aromatic amines is 1. The Morgan fingerprint density at radius 1 is 1.32 bits per heavy atom. The number of carbonyl (C=O) groups is 1. The van der Waals surface area contributed by atoms with Gasteiger partial charge in [0.2, 0.25) is 5.88 Å². The molecule has 0 spiro atoms. The molecule has 0 atom stereocenters. The van der Waals surface area contributed by atoms with Crippen LogP contribution in [0.25, 0.3) is 6.08 Å². The molecule has 2 N–H and O–H groups in total. The zero-order valence-electron chi connectivity index (χ0n) is 12.0. The SMILES string of the molecule is COc1ccccc1/C=C/C(=O)c1c(O)n(C)c(=O)[nH]c1=O. The maximum absolute atomic E-state index is 12.1. The molecule has 1 heterocycles. The van der Waals surface area contributed by atoms with Gasteiger partial charge in [-0.15, -0.1) is 0 Å². The Morgan fingerprint density at radius 2 is 2.00 bits per heavy atom. The van der Waals surface area contributed by atoms with Gasteiger partial charge in [0.15, 0.2) is 5.78 Å². The van der Waals surface area contributed by atoms with E-state index in [2.05, 4.69) is 0 Å². The third-order valence-electron chi connectivity index (χ3n) is 3.09. The zero-order chi connectivity index (χ0) is 16.3. The van der Waals surface area contributed by atoms with Crippen LogP contribution < -0.4 is 16.0 Å². The second-order valence-electron chi connectivity index (χ2n) is 4.46. The number of hydrogen-bond donors (Lipinski definition) is 2. The summed E-state index contributed by atoms with van der Waals surface area (Å²) in [6.07, 6.45) is 2.60. The lowest BCUT2D eigenvalue weighted by molar-refractivity contribution is 0.104. The topological polar surface area (TPSA) is 101 Å². The standard InChI is InChI=1S/C15H14N2O5/c1-17-14(20)12(13(19)16-15(17)21)10(18)8-7-9-5-3-4-6-11(9)22-2/h3-8,20H,1-2H3,(H,16,19,21)/b8-7+. The summed E-state index contributed by atoms with van der Waals surface area (Å²) in [7, 11) is 2.74. The van der Waals surface area contributed by atoms with Crippen LogP contribution in [0.15, 0.2) is 39.9 Å². The maximum atomic E-state index is 12.1. The van der Waals surface area contributed by atoms with Crippen molar-refractivity contribution >= 4 is 11.9 Å². The Balaban J connectivity index is 2.42. The van der Waals surface area contributed by atoms with Gasteiger partial charge in [-0.25, -0.2) is 4.79 Å². The highest BCUT2D eigenvalue weighted by molar-refractivity contribution is 6.08. The average molecular weight is 302 g/mol. The molecule has 22 heavy (non-hydrogen) atoms. The van der Waals surface area contributed by atoms with Gasteiger partial charge in [0.05, 0.1) is 7.11 Å². The number of allylic oxidation sites excluding steroid dienone is 1. The molecule has 114 valence electrons. The molecule has 0 bridgehead atoms. The fraction of sp³-hybridized carbons (Fsp3) is 0.133. The molecule has 0 aliphatic rings. The second kappa shape index (κ2) is 6.13. The molecule has 1 aromatic carbocycles. The number of nitrogens with zero attached hydrogens (tertiary/aromatic N) is 1. The first-order chi connectivity index (χ1) is 10.5. The number of H-pyrrole nitrogens is 1. The van der Waals surface area contributed by atoms with E-state index in [-0.39, 0.29) is 0 Å². The second-order valence-corrected chi connectivity index (χ2v) is 4.46. The molecule has 0 aliphatic heterocycles. The van der Waals surface area contributed by atoms with Crippen LogP contribution in [0.4, 0.5) is 0 Å². The monoisotopic (exact) mass is 302 g/mol. The molecule has 0 aliphatic carbocycles. The summed E-state index contributed by atoms with van der Waals surface area (Å²) in [6.45, 7) is 0. The highest BCUT2D eigenvalue weighted by atomic mass is 16.5. The van der Waals surface area contributed by atoms with Crippen molar-refractivity contribution in [3.63, 3.8) is 0 Å². The molecule has 0 saturated carbocycles. The number of benzene rings is 1. The van der Waals surface area contributed by atoms with E-state index in [4.69, 9.17) is 4.74 Å². The maximum Gasteiger partial charge on any atom is 0.330 e. The fourth-order valence-electron chi connectivity index (χ4n) is 1.88. The first-order valence-corrected chi connectivity index (χ1v) is 6.33. The Hall–Kier alpha value is -3.09. The summed E-state index contributed by atoms with van der Waals surface area (Å²) in [6, 6.07) is 7.00. The van der Waals surface area contributed by atoms with Crippen LogP contribution in [0.2, 0.25) is 0 Å². The molecule has 0 saturated heterocycles. The minimum absolute atomic E-state index is 0.492. The molecule has 2 rings (SSSR count). The van der Waals surface area contributed by atoms with Gasteiger partial charge in [-0.05, 0) is 18.2 Å². The molecule has 0 radical (unpaired) electrons. The number of nitrogens with one attached hydrogen (secondary N) is 1. The molecule has 0 fully saturated rings. The van der Waals surface area contributed by atoms with Crippen LogP contribution >= 0.6 is 0 Å². The first-order valence-electron chi connectivity index (χ1n) is 6.33. The lowest BCUT2D eigenvalue weighted by Crippen LogP contribution is -2.32. The molecule has 2 aromatic rings. The van der Waals surface area contributed by atoms with Crippen molar-refractivity contribution in [2.75, 3.05) is 7.11 Å². The summed E-state index contributed by atoms with van der Waals surface area (Å²) in [4.78, 5) is 37.0. The van der Waals surface area contributed by atoms with Crippen LogP contribution in [0.1, 0.15) is 15.9 Å². The van der Waals surface area contributed by atoms with Gasteiger partial charge in [-0.1, -0.05) is 18.2 Å². The third-order valence-corrected chi connectivity index (χ3v) is 3.09. The summed E-state index contributed by atoms with van der Waals surface area (Å²) in [5.74, 6) is -0.839. The summed E-state index contributed by atoms with van der Waals surface area (Å²) in [5, 5.41) is 9.79. The molecular formula is C15H14N2O5. The van der Waals surface area contributed by atoms with E-state index in [0.29, 0.717) is 11.3 Å². The van der Waals surface area contributed by atoms with Crippen LogP contribution in [0.5, 0.6) is 11.6 Å². The van der Waals surface area contributed by atoms with Crippen LogP contribution in [-0.4, -0.2) is 27.6 Å². The highest BCUT2D eigenvalue weighted by Crippen LogP contribution is 2.19. The predicted molar refractivity (Wildman–Crippen MR) is 80.3 cm³/mol. The van der Waals surface area contributed by atoms with Gasteiger partial charge in [0.1, 0.15) is 11.3 Å². The summed E-state index contributed by atoms with van der Waals surface area (Å²) in [5.41, 5.74) is -1.59. The van der Waals surface area contributed by atoms with E-state index in [1.54, 1.807) is 24.3 Å². The first kappa shape index (κ1) is 15.3. The lowest BCUT2D eigenvalue weighted by Gasteiger charge is -2.05. The van der Waals surface area contributed by atoms with Gasteiger partial charge in [-0.3, -0.25) is 19.1 Å². The normalized spacial score (nSPS) is 10.8. The van der Waals surface area contributed by atoms with Crippen molar-refractivity contribution in [2.24, 2.45) is 7.05 Å². The average Bonchev–Trinajstić information content (AvgIpc) is 2.51. The van der Waals surface area contributed by atoms with Crippen LogP contribution in [0.3, 0.4) is 0 Å². The number of carbonyl (C=O) groups excluding carboxylic acids is 1. The van der Waals surface area contributed by atoms with Gasteiger partial charge < -0.3 is 9.84 Å². The molecule has 0 unspecified atom stereocenters. The number of ketones is 1. The van der Waals surface area contributed by atoms with Crippen LogP contribution in [-0.2, 0) is 7.05 Å². The van der Waals surface area contributed by atoms with E-state index < -0.39 is 28.5 Å². The smallest absolute Gasteiger partial charge is 0.330 e. The Bertz CT molecular complexity index is 861. The molecule has 7 nitrogen and oxygen atoms in total. The minimum atomic E-state index is -0.935. The van der Waals surface area contributed by atoms with Crippen molar-refractivity contribution in [2.45, 2.75) is 0 Å². The number of rotatable bonds is 4. The third kappa shape index (κ3) is 2.83. The summed E-state index contributed by atoms with van der Waals surface area (Å²) >= 11 is 0. The van der Waals surface area contributed by atoms with E-state index in [1.165, 1.54) is 20.2 Å². The number of methoxy groups -OCH3 is 1. The van der Waals surface area contributed by atoms with E-state index in [0.717, 1.165) is 10.6 Å². The van der Waals surface area contributed by atoms with Crippen molar-refractivity contribution in [1.29, 1.82) is 0 Å². The van der Waals surface area contributed by atoms with Crippen molar-refractivity contribution in [3.8, 4) is 11.6 Å². The largest absolute Gasteiger partial charge is 0.496 e. The fourth-order valence-corrected chi connectivity index (χ4v) is 1.88. The molecule has 0 amide bonds. The van der Waals surface area contributed by atoms with E-state index >= 15 is 0 Å². The molecular weight excluding hydrogens is 288 g/mol. The van der Waals surface area contributed by atoms with Gasteiger partial charge in [-0.2, -0.15) is 0 Å². The number of hydrogen-bond acceptors (Lipinski definition) is 5. The Morgan fingerprint density at radius 3 is 2.68 bits per heavy atom. The van der Waals surface area contributed by atoms with Crippen molar-refractivity contribution in [1.82, 2.24) is 9.55 Å². The Labute approximate surface area is 125 Å². The quantitative estimate of drug-likeness (QED) is 0.639. The number of ether oxygens (including phenoxy) is 1. The number of aromatic nitrogens is 2. The van der Waals surface area contributed by atoms with Crippen molar-refractivity contribution in [3.05, 3.63) is 62.3 Å². The predicted octanol–water partition coefficient (Wildman–Crippen LogP) is 0.684. The van der Waals surface area contributed by atoms with Crippen LogP contribution in [0, 0.1) is 0 Å². The highest BCUT2D eigenvalue weighted by Gasteiger charge is 2.17. The van der Waals surface area contributed by atoms with Gasteiger partial charge >= 0.3 is 5.69 Å². The van der Waals surface area contributed by atoms with Gasteiger partial charge in [0, 0.05) is 12.6 Å². The van der Waals surface area contributed by atoms with Crippen molar-refractivity contribution < 1.29 is 14.6 Å². The van der Waals surface area contributed by atoms with E-state index in [9.17, 15) is 19.5 Å². The molecule has 1 aromatic heterocycles. The lowest BCUT2D eigenvalue weighted by atomic mass is 10.1. The minimum Gasteiger partial charge on any atom is -0.496 e. The van der Waals surface area contributed by atoms with E-state index in [1.807, 2.05) is 4.98 Å². The Kier molecular flexibility index (Phi) is 4.26.